The summed E-state index contributed by atoms with van der Waals surface area (Å²) in [5.74, 6) is -0.790. The molecule has 0 aliphatic carbocycles. The molecule has 2 N–H and O–H groups in total. The highest BCUT2D eigenvalue weighted by Gasteiger charge is 2.38. The molecule has 0 aromatic heterocycles. The number of amides is 3. The standard InChI is InChI=1S/C14H15N3O3.2C2H6.CH2O/c1-15-9-2-3-10-8(6-9)7-17(14(10)20)11-4-5-12(18)16-13(11)19;3*1-2/h2-3,6,11,15H,4-5,7H2,1H3,(H,16,18,19);2*1-2H3;1H2. The number of anilines is 1. The highest BCUT2D eigenvalue weighted by molar-refractivity contribution is 6.05. The predicted molar refractivity (Wildman–Crippen MR) is 102 cm³/mol. The zero-order valence-electron chi connectivity index (χ0n) is 16.2. The van der Waals surface area contributed by atoms with Gasteiger partial charge in [0.05, 0.1) is 0 Å². The van der Waals surface area contributed by atoms with Crippen LogP contribution in [-0.4, -0.2) is 42.5 Å². The Kier molecular flexibility index (Phi) is 10.6. The van der Waals surface area contributed by atoms with Crippen molar-refractivity contribution in [3.8, 4) is 0 Å². The van der Waals surface area contributed by atoms with E-state index < -0.39 is 6.04 Å². The number of piperidine rings is 1. The minimum atomic E-state index is -0.550. The Balaban J connectivity index is 0.000000948. The van der Waals surface area contributed by atoms with Gasteiger partial charge in [-0.25, -0.2) is 0 Å². The molecule has 0 bridgehead atoms. The Morgan fingerprint density at radius 3 is 2.27 bits per heavy atom. The molecule has 1 fully saturated rings. The van der Waals surface area contributed by atoms with E-state index >= 15 is 0 Å². The summed E-state index contributed by atoms with van der Waals surface area (Å²) >= 11 is 0. The van der Waals surface area contributed by atoms with Crippen LogP contribution in [-0.2, 0) is 20.9 Å². The van der Waals surface area contributed by atoms with Gasteiger partial charge in [0.2, 0.25) is 11.8 Å². The van der Waals surface area contributed by atoms with Gasteiger partial charge < -0.3 is 15.0 Å². The number of hydrogen-bond acceptors (Lipinski definition) is 5. The van der Waals surface area contributed by atoms with Crippen molar-refractivity contribution in [3.05, 3.63) is 29.3 Å². The lowest BCUT2D eigenvalue weighted by molar-refractivity contribution is -0.136. The Labute approximate surface area is 155 Å². The molecule has 1 aromatic carbocycles. The summed E-state index contributed by atoms with van der Waals surface area (Å²) in [6, 6.07) is 4.98. The van der Waals surface area contributed by atoms with Crippen molar-refractivity contribution >= 4 is 30.2 Å². The van der Waals surface area contributed by atoms with Gasteiger partial charge in [0.15, 0.2) is 0 Å². The van der Waals surface area contributed by atoms with E-state index in [2.05, 4.69) is 10.6 Å². The van der Waals surface area contributed by atoms with Crippen molar-refractivity contribution < 1.29 is 19.2 Å². The van der Waals surface area contributed by atoms with E-state index in [1.165, 1.54) is 0 Å². The normalized spacial score (nSPS) is 17.3. The van der Waals surface area contributed by atoms with Crippen LogP contribution >= 0.6 is 0 Å². The first-order chi connectivity index (χ1) is 12.6. The third kappa shape index (κ3) is 5.15. The lowest BCUT2D eigenvalue weighted by Crippen LogP contribution is -2.52. The van der Waals surface area contributed by atoms with E-state index in [1.54, 1.807) is 11.0 Å². The quantitative estimate of drug-likeness (QED) is 0.787. The molecule has 7 nitrogen and oxygen atoms in total. The molecule has 1 unspecified atom stereocenters. The van der Waals surface area contributed by atoms with Crippen LogP contribution in [0, 0.1) is 0 Å². The van der Waals surface area contributed by atoms with Crippen LogP contribution in [0.4, 0.5) is 5.69 Å². The fourth-order valence-electron chi connectivity index (χ4n) is 2.73. The maximum atomic E-state index is 12.4. The molecule has 2 aliphatic rings. The van der Waals surface area contributed by atoms with E-state index in [1.807, 2.05) is 53.7 Å². The Morgan fingerprint density at radius 1 is 1.12 bits per heavy atom. The Hall–Kier alpha value is -2.70. The molecule has 1 saturated heterocycles. The Bertz CT molecular complexity index is 631. The molecule has 3 rings (SSSR count). The van der Waals surface area contributed by atoms with Crippen LogP contribution < -0.4 is 10.6 Å². The van der Waals surface area contributed by atoms with Crippen LogP contribution in [0.5, 0.6) is 0 Å². The molecular formula is C19H29N3O4. The van der Waals surface area contributed by atoms with E-state index in [9.17, 15) is 14.4 Å². The summed E-state index contributed by atoms with van der Waals surface area (Å²) < 4.78 is 0. The van der Waals surface area contributed by atoms with Crippen LogP contribution in [0.1, 0.15) is 56.5 Å². The average molecular weight is 363 g/mol. The second kappa shape index (κ2) is 11.8. The van der Waals surface area contributed by atoms with Gasteiger partial charge in [0.25, 0.3) is 5.91 Å². The van der Waals surface area contributed by atoms with E-state index in [4.69, 9.17) is 4.79 Å². The highest BCUT2D eigenvalue weighted by atomic mass is 16.2. The summed E-state index contributed by atoms with van der Waals surface area (Å²) in [6.07, 6.45) is 0.668. The number of hydrogen-bond donors (Lipinski definition) is 2. The molecule has 7 heteroatoms. The first-order valence-electron chi connectivity index (χ1n) is 8.84. The summed E-state index contributed by atoms with van der Waals surface area (Å²) in [6.45, 7) is 10.4. The van der Waals surface area contributed by atoms with Crippen molar-refractivity contribution in [2.45, 2.75) is 53.1 Å². The third-order valence-electron chi connectivity index (χ3n) is 3.81. The molecule has 0 spiro atoms. The summed E-state index contributed by atoms with van der Waals surface area (Å²) in [5, 5.41) is 5.32. The van der Waals surface area contributed by atoms with Gasteiger partial charge >= 0.3 is 0 Å². The van der Waals surface area contributed by atoms with Gasteiger partial charge in [-0.05, 0) is 30.2 Å². The summed E-state index contributed by atoms with van der Waals surface area (Å²) in [4.78, 5) is 45.0. The fourth-order valence-corrected chi connectivity index (χ4v) is 2.73. The predicted octanol–water partition coefficient (Wildman–Crippen LogP) is 2.36. The molecule has 1 aromatic rings. The molecule has 1 atom stereocenters. The summed E-state index contributed by atoms with van der Waals surface area (Å²) in [7, 11) is 1.82. The van der Waals surface area contributed by atoms with Gasteiger partial charge in [0.1, 0.15) is 12.8 Å². The fraction of sp³-hybridized carbons (Fsp3) is 0.474. The number of carbonyl (C=O) groups is 4. The average Bonchev–Trinajstić information content (AvgIpc) is 3.02. The van der Waals surface area contributed by atoms with Gasteiger partial charge in [-0.2, -0.15) is 0 Å². The number of imide groups is 1. The minimum absolute atomic E-state index is 0.142. The Morgan fingerprint density at radius 2 is 1.73 bits per heavy atom. The number of rotatable bonds is 2. The number of nitrogens with one attached hydrogen (secondary N) is 2. The minimum Gasteiger partial charge on any atom is -0.388 e. The first-order valence-corrected chi connectivity index (χ1v) is 8.84. The van der Waals surface area contributed by atoms with E-state index in [-0.39, 0.29) is 24.1 Å². The topological polar surface area (TPSA) is 95.6 Å². The monoisotopic (exact) mass is 363 g/mol. The van der Waals surface area contributed by atoms with Crippen LogP contribution in [0.3, 0.4) is 0 Å². The summed E-state index contributed by atoms with van der Waals surface area (Å²) in [5.41, 5.74) is 2.47. The van der Waals surface area contributed by atoms with Gasteiger partial charge in [-0.15, -0.1) is 0 Å². The number of benzene rings is 1. The van der Waals surface area contributed by atoms with Crippen molar-refractivity contribution in [3.63, 3.8) is 0 Å². The highest BCUT2D eigenvalue weighted by Crippen LogP contribution is 2.29. The van der Waals surface area contributed by atoms with Crippen LogP contribution in [0.15, 0.2) is 18.2 Å². The number of nitrogens with zero attached hydrogens (tertiary/aromatic N) is 1. The second-order valence-electron chi connectivity index (χ2n) is 5.02. The van der Waals surface area contributed by atoms with Crippen LogP contribution in [0.25, 0.3) is 0 Å². The van der Waals surface area contributed by atoms with E-state index in [0.717, 1.165) is 11.3 Å². The molecule has 2 heterocycles. The molecule has 3 amide bonds. The van der Waals surface area contributed by atoms with Crippen molar-refractivity contribution in [2.75, 3.05) is 12.4 Å². The molecule has 26 heavy (non-hydrogen) atoms. The largest absolute Gasteiger partial charge is 0.388 e. The molecule has 2 aliphatic heterocycles. The first kappa shape index (κ1) is 23.3. The lowest BCUT2D eigenvalue weighted by atomic mass is 10.0. The van der Waals surface area contributed by atoms with Gasteiger partial charge in [0, 0.05) is 31.3 Å². The van der Waals surface area contributed by atoms with Crippen molar-refractivity contribution in [1.29, 1.82) is 0 Å². The van der Waals surface area contributed by atoms with Crippen LogP contribution in [0.2, 0.25) is 0 Å². The third-order valence-corrected chi connectivity index (χ3v) is 3.81. The van der Waals surface area contributed by atoms with E-state index in [0.29, 0.717) is 18.5 Å². The molecular weight excluding hydrogens is 334 g/mol. The van der Waals surface area contributed by atoms with Gasteiger partial charge in [-0.1, -0.05) is 27.7 Å². The molecule has 0 saturated carbocycles. The van der Waals surface area contributed by atoms with Crippen molar-refractivity contribution in [1.82, 2.24) is 10.2 Å². The molecule has 144 valence electrons. The smallest absolute Gasteiger partial charge is 0.255 e. The molecule has 0 radical (unpaired) electrons. The number of fused-ring (bicyclic) bond motifs is 1. The zero-order valence-corrected chi connectivity index (χ0v) is 16.2. The lowest BCUT2D eigenvalue weighted by Gasteiger charge is -2.29. The second-order valence-corrected chi connectivity index (χ2v) is 5.02. The van der Waals surface area contributed by atoms with Gasteiger partial charge in [-0.3, -0.25) is 19.7 Å². The van der Waals surface area contributed by atoms with Crippen molar-refractivity contribution in [2.24, 2.45) is 0 Å². The maximum absolute atomic E-state index is 12.4. The maximum Gasteiger partial charge on any atom is 0.255 e. The SMILES string of the molecule is C=O.CC.CC.CNc1ccc2c(c1)CN(C1CCC(=O)NC1=O)C2=O. The number of carbonyl (C=O) groups excluding carboxylic acids is 4. The zero-order chi connectivity index (χ0) is 20.3.